The zero-order valence-electron chi connectivity index (χ0n) is 12.4. The molecule has 0 aromatic carbocycles. The lowest BCUT2D eigenvalue weighted by Crippen LogP contribution is -2.20. The van der Waals surface area contributed by atoms with Gasteiger partial charge >= 0.3 is 0 Å². The molecule has 2 aromatic rings. The molecule has 114 valence electrons. The van der Waals surface area contributed by atoms with E-state index in [0.29, 0.717) is 13.0 Å². The van der Waals surface area contributed by atoms with E-state index in [1.807, 2.05) is 22.9 Å². The normalized spacial score (nSPS) is 17.9. The van der Waals surface area contributed by atoms with Gasteiger partial charge in [-0.2, -0.15) is 5.10 Å². The van der Waals surface area contributed by atoms with Gasteiger partial charge in [-0.25, -0.2) is 4.68 Å². The van der Waals surface area contributed by atoms with E-state index in [1.54, 1.807) is 12.4 Å². The monoisotopic (exact) mass is 297 g/mol. The fourth-order valence-electron chi connectivity index (χ4n) is 2.51. The summed E-state index contributed by atoms with van der Waals surface area (Å²) in [7, 11) is 0. The molecule has 2 aromatic heterocycles. The molecular formula is C17H19N3O2. The highest BCUT2D eigenvalue weighted by Crippen LogP contribution is 2.27. The Kier molecular flexibility index (Phi) is 4.71. The number of pyridine rings is 1. The van der Waals surface area contributed by atoms with E-state index in [-0.39, 0.29) is 6.23 Å². The number of aromatic nitrogens is 3. The first-order chi connectivity index (χ1) is 10.9. The second-order valence-corrected chi connectivity index (χ2v) is 5.16. The van der Waals surface area contributed by atoms with Gasteiger partial charge in [0.25, 0.3) is 0 Å². The Labute approximate surface area is 130 Å². The van der Waals surface area contributed by atoms with Crippen molar-refractivity contribution in [2.45, 2.75) is 31.9 Å². The molecule has 0 radical (unpaired) electrons. The van der Waals surface area contributed by atoms with E-state index < -0.39 is 0 Å². The van der Waals surface area contributed by atoms with Crippen LogP contribution in [0.1, 0.15) is 31.9 Å². The molecule has 0 N–H and O–H groups in total. The smallest absolute Gasteiger partial charge is 0.150 e. The third-order valence-electron chi connectivity index (χ3n) is 3.61. The van der Waals surface area contributed by atoms with E-state index in [0.717, 1.165) is 36.6 Å². The van der Waals surface area contributed by atoms with Crippen molar-refractivity contribution in [2.24, 2.45) is 0 Å². The first-order valence-electron chi connectivity index (χ1n) is 7.56. The highest BCUT2D eigenvalue weighted by atomic mass is 16.5. The largest absolute Gasteiger partial charge is 0.491 e. The Hall–Kier alpha value is -2.32. The molecular weight excluding hydrogens is 278 g/mol. The molecule has 0 spiro atoms. The predicted octanol–water partition coefficient (Wildman–Crippen LogP) is 3.05. The van der Waals surface area contributed by atoms with Crippen LogP contribution in [0.15, 0.2) is 30.6 Å². The Bertz CT molecular complexity index is 637. The summed E-state index contributed by atoms with van der Waals surface area (Å²) < 4.78 is 13.2. The summed E-state index contributed by atoms with van der Waals surface area (Å²) in [6.45, 7) is 1.30. The minimum Gasteiger partial charge on any atom is -0.491 e. The van der Waals surface area contributed by atoms with Crippen molar-refractivity contribution >= 4 is 0 Å². The molecule has 1 aliphatic heterocycles. The van der Waals surface area contributed by atoms with Crippen LogP contribution in [0.4, 0.5) is 0 Å². The minimum absolute atomic E-state index is 0.00658. The van der Waals surface area contributed by atoms with Gasteiger partial charge < -0.3 is 9.47 Å². The van der Waals surface area contributed by atoms with Crippen LogP contribution in [-0.4, -0.2) is 28.0 Å². The number of hydrogen-bond acceptors (Lipinski definition) is 4. The summed E-state index contributed by atoms with van der Waals surface area (Å²) >= 11 is 0. The summed E-state index contributed by atoms with van der Waals surface area (Å²) in [5, 5.41) is 4.40. The van der Waals surface area contributed by atoms with Crippen LogP contribution in [0.2, 0.25) is 0 Å². The molecule has 0 saturated carbocycles. The standard InChI is InChI=1S/C17H19N3O2/c1-2-3-11-21-14-7-8-15(18-13-14)16-9-10-19-20(16)17-6-4-5-12-22-17/h1,7-10,13,17H,3-6,11-12H2. The van der Waals surface area contributed by atoms with Crippen molar-refractivity contribution < 1.29 is 9.47 Å². The van der Waals surface area contributed by atoms with Gasteiger partial charge in [0.1, 0.15) is 5.75 Å². The molecule has 1 atom stereocenters. The third-order valence-corrected chi connectivity index (χ3v) is 3.61. The second kappa shape index (κ2) is 7.10. The van der Waals surface area contributed by atoms with Crippen molar-refractivity contribution in [1.82, 2.24) is 14.8 Å². The second-order valence-electron chi connectivity index (χ2n) is 5.16. The maximum absolute atomic E-state index is 5.80. The van der Waals surface area contributed by atoms with Gasteiger partial charge in [-0.05, 0) is 37.5 Å². The van der Waals surface area contributed by atoms with Crippen LogP contribution >= 0.6 is 0 Å². The minimum atomic E-state index is 0.00658. The molecule has 0 bridgehead atoms. The summed E-state index contributed by atoms with van der Waals surface area (Å²) in [6, 6.07) is 5.79. The van der Waals surface area contributed by atoms with Crippen LogP contribution in [0.25, 0.3) is 11.4 Å². The Morgan fingerprint density at radius 3 is 3.05 bits per heavy atom. The van der Waals surface area contributed by atoms with E-state index >= 15 is 0 Å². The van der Waals surface area contributed by atoms with E-state index in [4.69, 9.17) is 15.9 Å². The van der Waals surface area contributed by atoms with E-state index in [2.05, 4.69) is 16.0 Å². The lowest BCUT2D eigenvalue weighted by Gasteiger charge is -2.24. The first kappa shape index (κ1) is 14.6. The highest BCUT2D eigenvalue weighted by Gasteiger charge is 2.19. The molecule has 5 nitrogen and oxygen atoms in total. The van der Waals surface area contributed by atoms with E-state index in [9.17, 15) is 0 Å². The van der Waals surface area contributed by atoms with Gasteiger partial charge in [0.15, 0.2) is 6.23 Å². The zero-order valence-corrected chi connectivity index (χ0v) is 12.4. The van der Waals surface area contributed by atoms with Crippen molar-refractivity contribution in [3.05, 3.63) is 30.6 Å². The zero-order chi connectivity index (χ0) is 15.2. The molecule has 1 fully saturated rings. The lowest BCUT2D eigenvalue weighted by atomic mass is 10.2. The van der Waals surface area contributed by atoms with Gasteiger partial charge in [0, 0.05) is 19.2 Å². The number of terminal acetylenes is 1. The lowest BCUT2D eigenvalue weighted by molar-refractivity contribution is -0.0384. The molecule has 22 heavy (non-hydrogen) atoms. The Balaban J connectivity index is 1.74. The van der Waals surface area contributed by atoms with Crippen LogP contribution in [-0.2, 0) is 4.74 Å². The molecule has 1 saturated heterocycles. The van der Waals surface area contributed by atoms with Crippen molar-refractivity contribution in [1.29, 1.82) is 0 Å². The quantitative estimate of drug-likeness (QED) is 0.628. The van der Waals surface area contributed by atoms with Crippen LogP contribution in [0.3, 0.4) is 0 Å². The van der Waals surface area contributed by atoms with Gasteiger partial charge in [-0.3, -0.25) is 4.98 Å². The molecule has 3 rings (SSSR count). The molecule has 0 amide bonds. The maximum Gasteiger partial charge on any atom is 0.150 e. The third kappa shape index (κ3) is 3.29. The van der Waals surface area contributed by atoms with Crippen molar-refractivity contribution in [3.63, 3.8) is 0 Å². The molecule has 1 unspecified atom stereocenters. The Morgan fingerprint density at radius 1 is 1.36 bits per heavy atom. The van der Waals surface area contributed by atoms with Crippen molar-refractivity contribution in [2.75, 3.05) is 13.2 Å². The summed E-state index contributed by atoms with van der Waals surface area (Å²) in [5.74, 6) is 3.27. The number of nitrogens with zero attached hydrogens (tertiary/aromatic N) is 3. The molecule has 0 aliphatic carbocycles. The van der Waals surface area contributed by atoms with Gasteiger partial charge in [0.05, 0.1) is 24.2 Å². The van der Waals surface area contributed by atoms with Crippen molar-refractivity contribution in [3.8, 4) is 29.5 Å². The van der Waals surface area contributed by atoms with E-state index in [1.165, 1.54) is 6.42 Å². The van der Waals surface area contributed by atoms with Gasteiger partial charge in [0.2, 0.25) is 0 Å². The topological polar surface area (TPSA) is 49.2 Å². The average Bonchev–Trinajstić information content (AvgIpc) is 3.06. The van der Waals surface area contributed by atoms with Crippen LogP contribution in [0.5, 0.6) is 5.75 Å². The Morgan fingerprint density at radius 2 is 2.32 bits per heavy atom. The molecule has 3 heterocycles. The fourth-order valence-corrected chi connectivity index (χ4v) is 2.51. The van der Waals surface area contributed by atoms with Gasteiger partial charge in [-0.15, -0.1) is 12.3 Å². The molecule has 1 aliphatic rings. The SMILES string of the molecule is C#CCCOc1ccc(-c2ccnn2C2CCCCO2)nc1. The maximum atomic E-state index is 5.80. The highest BCUT2D eigenvalue weighted by molar-refractivity contribution is 5.54. The average molecular weight is 297 g/mol. The summed E-state index contributed by atoms with van der Waals surface area (Å²) in [5.41, 5.74) is 1.82. The number of ether oxygens (including phenoxy) is 2. The molecule has 5 heteroatoms. The predicted molar refractivity (Wildman–Crippen MR) is 83.2 cm³/mol. The van der Waals surface area contributed by atoms with Crippen LogP contribution in [0, 0.1) is 12.3 Å². The summed E-state index contributed by atoms with van der Waals surface area (Å²) in [4.78, 5) is 4.46. The number of hydrogen-bond donors (Lipinski definition) is 0. The van der Waals surface area contributed by atoms with Crippen LogP contribution < -0.4 is 4.74 Å². The summed E-state index contributed by atoms with van der Waals surface area (Å²) in [6.07, 6.45) is 12.6. The van der Waals surface area contributed by atoms with Gasteiger partial charge in [-0.1, -0.05) is 0 Å². The number of rotatable bonds is 5. The fraction of sp³-hybridized carbons (Fsp3) is 0.412. The first-order valence-corrected chi connectivity index (χ1v) is 7.56.